The Labute approximate surface area is 335 Å². The lowest BCUT2D eigenvalue weighted by atomic mass is 9.78. The lowest BCUT2D eigenvalue weighted by Gasteiger charge is -2.32. The molecule has 3 N–H and O–H groups in total. The number of carbonyl (C=O) groups is 2. The van der Waals surface area contributed by atoms with Gasteiger partial charge in [-0.15, -0.1) is 11.3 Å². The topological polar surface area (TPSA) is 153 Å². The number of aliphatic hydroxyl groups is 1. The summed E-state index contributed by atoms with van der Waals surface area (Å²) in [7, 11) is 0.688. The number of ether oxygens (including phenoxy) is 2. The van der Waals surface area contributed by atoms with Crippen LogP contribution in [0.5, 0.6) is 5.75 Å². The Hall–Kier alpha value is -4.77. The number of nitrogens with one attached hydrogen (secondary N) is 2. The number of nitrogens with zero attached hydrogens (tertiary/aromatic N) is 4. The largest absolute Gasteiger partial charge is 0.494 e. The number of halogens is 1. The summed E-state index contributed by atoms with van der Waals surface area (Å²) in [6.45, 7) is 15.7. The number of carbonyl (C=O) groups excluding carboxylic acids is 2. The summed E-state index contributed by atoms with van der Waals surface area (Å²) >= 11 is 1.33. The summed E-state index contributed by atoms with van der Waals surface area (Å²) in [5.41, 5.74) is 1.46. The van der Waals surface area contributed by atoms with E-state index in [1.54, 1.807) is 37.2 Å². The smallest absolute Gasteiger partial charge is 0.464 e. The van der Waals surface area contributed by atoms with E-state index in [0.29, 0.717) is 52.1 Å². The number of aromatic amines is 1. The molecule has 2 saturated heterocycles. The third-order valence-electron chi connectivity index (χ3n) is 11.6. The van der Waals surface area contributed by atoms with Crippen molar-refractivity contribution in [1.29, 1.82) is 0 Å². The summed E-state index contributed by atoms with van der Waals surface area (Å²) in [5, 5.41) is 14.8. The number of benzene rings is 2. The molecule has 2 aromatic carbocycles. The predicted octanol–water partition coefficient (Wildman–Crippen LogP) is 6.80. The number of amides is 2. The zero-order chi connectivity index (χ0) is 40.8. The number of H-pyrrole nitrogens is 1. The Morgan fingerprint density at radius 3 is 2.51 bits per heavy atom. The molecule has 3 aliphatic rings. The van der Waals surface area contributed by atoms with Crippen LogP contribution >= 0.6 is 11.3 Å². The van der Waals surface area contributed by atoms with Crippen LogP contribution in [-0.4, -0.2) is 79.5 Å². The van der Waals surface area contributed by atoms with Crippen molar-refractivity contribution >= 4 is 46.8 Å². The van der Waals surface area contributed by atoms with Crippen LogP contribution in [0, 0.1) is 11.7 Å². The van der Waals surface area contributed by atoms with Gasteiger partial charge in [0.1, 0.15) is 34.0 Å². The molecule has 1 unspecified atom stereocenters. The first-order valence-corrected chi connectivity index (χ1v) is 20.1. The number of alkyl carbamates (subject to hydrolysis) is 1. The minimum Gasteiger partial charge on any atom is -0.464 e. The van der Waals surface area contributed by atoms with Gasteiger partial charge in [-0.05, 0) is 90.0 Å². The second kappa shape index (κ2) is 14.0. The monoisotopic (exact) mass is 798 g/mol. The molecule has 16 heteroatoms. The number of thiazole rings is 1. The van der Waals surface area contributed by atoms with Crippen molar-refractivity contribution in [1.82, 2.24) is 29.7 Å². The van der Waals surface area contributed by atoms with Gasteiger partial charge in [0.2, 0.25) is 12.1 Å². The van der Waals surface area contributed by atoms with E-state index in [0.717, 1.165) is 27.7 Å². The van der Waals surface area contributed by atoms with Crippen molar-refractivity contribution in [2.45, 2.75) is 103 Å². The molecular formula is C41H48BFN6O7S. The maximum Gasteiger partial charge on any atom is 0.494 e. The van der Waals surface area contributed by atoms with Gasteiger partial charge in [0.05, 0.1) is 57.9 Å². The number of aromatic nitrogens is 4. The van der Waals surface area contributed by atoms with Crippen LogP contribution in [0.15, 0.2) is 48.8 Å². The zero-order valence-electron chi connectivity index (χ0n) is 33.6. The normalized spacial score (nSPS) is 20.4. The highest BCUT2D eigenvalue weighted by atomic mass is 32.1. The number of methoxy groups -OCH3 is 1. The minimum absolute atomic E-state index is 0.171. The molecule has 2 amide bonds. The highest BCUT2D eigenvalue weighted by Crippen LogP contribution is 2.48. The number of hydrogen-bond donors (Lipinski definition) is 3. The maximum absolute atomic E-state index is 16.7. The molecule has 5 aromatic rings. The Morgan fingerprint density at radius 1 is 1.11 bits per heavy atom. The van der Waals surface area contributed by atoms with E-state index in [2.05, 4.69) is 20.3 Å². The average Bonchev–Trinajstić information content (AvgIpc) is 3.98. The van der Waals surface area contributed by atoms with Crippen LogP contribution < -0.4 is 15.5 Å². The van der Waals surface area contributed by atoms with Gasteiger partial charge in [0.25, 0.3) is 0 Å². The zero-order valence-corrected chi connectivity index (χ0v) is 34.4. The standard InChI is InChI=1S/C41H48BFN6O7S/c1-21(2)33(47-38(51)53-9)35(50)48-14-10-11-28(48)34-44-19-26(46-34)22-16-25(43)32-29-17-23-15-24(42-55-40(5,6)41(7,8)56-42)12-13-27(23)49(29)36(54-30(32)18-22)31-20-45-37(57-31)39(3,4)52/h12-13,15-21,28,33,36,52H,10-11,14H2,1-9H3,(H,44,46)(H,47,51)/t28-,33-,36?/m0/s1. The summed E-state index contributed by atoms with van der Waals surface area (Å²) < 4.78 is 42.9. The van der Waals surface area contributed by atoms with Gasteiger partial charge >= 0.3 is 13.2 Å². The van der Waals surface area contributed by atoms with Crippen LogP contribution in [0.4, 0.5) is 9.18 Å². The Bertz CT molecular complexity index is 2370. The molecule has 0 saturated carbocycles. The average molecular weight is 799 g/mol. The van der Waals surface area contributed by atoms with E-state index in [-0.39, 0.29) is 17.9 Å². The van der Waals surface area contributed by atoms with Gasteiger partial charge in [-0.1, -0.05) is 26.0 Å². The first kappa shape index (κ1) is 39.1. The van der Waals surface area contributed by atoms with E-state index in [4.69, 9.17) is 18.8 Å². The minimum atomic E-state index is -1.17. The fraction of sp³-hybridized carbons (Fsp3) is 0.463. The molecular weight excluding hydrogens is 750 g/mol. The van der Waals surface area contributed by atoms with Crippen molar-refractivity contribution in [3.8, 4) is 28.3 Å². The van der Waals surface area contributed by atoms with Crippen molar-refractivity contribution in [3.05, 3.63) is 70.3 Å². The highest BCUT2D eigenvalue weighted by molar-refractivity contribution is 7.11. The van der Waals surface area contributed by atoms with Crippen molar-refractivity contribution < 1.29 is 37.9 Å². The van der Waals surface area contributed by atoms with Gasteiger partial charge in [0.15, 0.2) is 0 Å². The number of likely N-dealkylation sites (tertiary alicyclic amines) is 1. The second-order valence-electron chi connectivity index (χ2n) is 17.0. The lowest BCUT2D eigenvalue weighted by molar-refractivity contribution is -0.135. The highest BCUT2D eigenvalue weighted by Gasteiger charge is 2.52. The first-order valence-electron chi connectivity index (χ1n) is 19.3. The number of fused-ring (bicyclic) bond motifs is 5. The van der Waals surface area contributed by atoms with Gasteiger partial charge in [-0.3, -0.25) is 9.36 Å². The van der Waals surface area contributed by atoms with E-state index in [1.807, 2.05) is 70.4 Å². The maximum atomic E-state index is 16.7. The molecule has 300 valence electrons. The second-order valence-corrected chi connectivity index (χ2v) is 18.0. The van der Waals surface area contributed by atoms with Crippen LogP contribution in [0.2, 0.25) is 0 Å². The lowest BCUT2D eigenvalue weighted by Crippen LogP contribution is -2.51. The Kier molecular flexibility index (Phi) is 9.57. The Balaban J connectivity index is 1.17. The van der Waals surface area contributed by atoms with Crippen LogP contribution in [0.25, 0.3) is 33.4 Å². The number of hydrogen-bond acceptors (Lipinski definition) is 10. The fourth-order valence-corrected chi connectivity index (χ4v) is 8.73. The van der Waals surface area contributed by atoms with E-state index < -0.39 is 48.1 Å². The van der Waals surface area contributed by atoms with Crippen molar-refractivity contribution in [2.24, 2.45) is 5.92 Å². The van der Waals surface area contributed by atoms with Crippen molar-refractivity contribution in [2.75, 3.05) is 13.7 Å². The molecule has 2 fully saturated rings. The van der Waals surface area contributed by atoms with Gasteiger partial charge < -0.3 is 39.1 Å². The van der Waals surface area contributed by atoms with Gasteiger partial charge in [-0.2, -0.15) is 0 Å². The molecule has 3 atom stereocenters. The summed E-state index contributed by atoms with van der Waals surface area (Å²) in [4.78, 5) is 40.8. The molecule has 8 rings (SSSR count). The summed E-state index contributed by atoms with van der Waals surface area (Å²) in [6, 6.07) is 10.0. The molecule has 0 spiro atoms. The summed E-state index contributed by atoms with van der Waals surface area (Å²) in [6.07, 6.45) is 3.38. The molecule has 13 nitrogen and oxygen atoms in total. The predicted molar refractivity (Wildman–Crippen MR) is 215 cm³/mol. The van der Waals surface area contributed by atoms with Gasteiger partial charge in [0, 0.05) is 23.7 Å². The third kappa shape index (κ3) is 6.79. The van der Waals surface area contributed by atoms with E-state index in [1.165, 1.54) is 24.5 Å². The van der Waals surface area contributed by atoms with Crippen LogP contribution in [-0.2, 0) is 24.4 Å². The molecule has 0 aliphatic carbocycles. The molecule has 6 heterocycles. The molecule has 3 aromatic heterocycles. The SMILES string of the molecule is COC(=O)N[C@H](C(=O)N1CCC[C@H]1c1ncc(-c2cc(F)c3c(c2)OC(c2cnc(C(C)(C)O)s2)n2c-3cc3cc(B4OC(C)(C)C(C)(C)O4)ccc32)[nH]1)C(C)C. The Morgan fingerprint density at radius 2 is 1.84 bits per heavy atom. The fourth-order valence-electron chi connectivity index (χ4n) is 7.79. The molecule has 3 aliphatic heterocycles. The van der Waals surface area contributed by atoms with Crippen LogP contribution in [0.1, 0.15) is 96.2 Å². The number of imidazole rings is 1. The van der Waals surface area contributed by atoms with Crippen LogP contribution in [0.3, 0.4) is 0 Å². The van der Waals surface area contributed by atoms with E-state index >= 15 is 4.39 Å². The summed E-state index contributed by atoms with van der Waals surface area (Å²) in [5.74, 6) is 0.0201. The molecule has 57 heavy (non-hydrogen) atoms. The third-order valence-corrected chi connectivity index (χ3v) is 13.0. The van der Waals surface area contributed by atoms with Gasteiger partial charge in [-0.25, -0.2) is 19.2 Å². The first-order chi connectivity index (χ1) is 26.9. The number of rotatable bonds is 8. The van der Waals surface area contributed by atoms with E-state index in [9.17, 15) is 14.7 Å². The quantitative estimate of drug-likeness (QED) is 0.144. The van der Waals surface area contributed by atoms with Crippen molar-refractivity contribution in [3.63, 3.8) is 0 Å². The molecule has 0 radical (unpaired) electrons. The molecule has 0 bridgehead atoms.